The molecule has 106 valence electrons. The normalized spacial score (nSPS) is 23.5. The highest BCUT2D eigenvalue weighted by atomic mass is 35.5. The molecule has 0 bridgehead atoms. The van der Waals surface area contributed by atoms with Crippen LogP contribution in [0.5, 0.6) is 5.75 Å². The van der Waals surface area contributed by atoms with Gasteiger partial charge in [0.05, 0.1) is 5.02 Å². The van der Waals surface area contributed by atoms with Crippen LogP contribution in [0.4, 0.5) is 0 Å². The molecule has 0 unspecified atom stereocenters. The maximum absolute atomic E-state index is 9.39. The van der Waals surface area contributed by atoms with E-state index in [-0.39, 0.29) is 5.75 Å². The van der Waals surface area contributed by atoms with Gasteiger partial charge < -0.3 is 10.4 Å². The minimum absolute atomic E-state index is 0.158. The smallest absolute Gasteiger partial charge is 0.134 e. The summed E-state index contributed by atoms with van der Waals surface area (Å²) in [6.45, 7) is 3.11. The van der Waals surface area contributed by atoms with Gasteiger partial charge >= 0.3 is 0 Å². The summed E-state index contributed by atoms with van der Waals surface area (Å²) in [5, 5.41) is 13.4. The number of phenols is 1. The molecule has 1 fully saturated rings. The van der Waals surface area contributed by atoms with E-state index in [4.69, 9.17) is 11.6 Å². The van der Waals surface area contributed by atoms with Gasteiger partial charge in [-0.2, -0.15) is 0 Å². The number of nitrogens with one attached hydrogen (secondary N) is 1. The van der Waals surface area contributed by atoms with E-state index < -0.39 is 0 Å². The summed E-state index contributed by atoms with van der Waals surface area (Å²) < 4.78 is 0. The first kappa shape index (κ1) is 14.7. The van der Waals surface area contributed by atoms with Crippen LogP contribution in [0.15, 0.2) is 18.2 Å². The third-order valence-corrected chi connectivity index (χ3v) is 4.45. The Morgan fingerprint density at radius 2 is 2.00 bits per heavy atom. The van der Waals surface area contributed by atoms with Gasteiger partial charge in [-0.05, 0) is 49.3 Å². The van der Waals surface area contributed by atoms with Crippen LogP contribution in [0.1, 0.15) is 51.0 Å². The highest BCUT2D eigenvalue weighted by Crippen LogP contribution is 2.28. The van der Waals surface area contributed by atoms with Crippen molar-refractivity contribution < 1.29 is 5.11 Å². The standard InChI is InChI=1S/C16H24ClNO/c1-2-3-12-4-7-14(8-5-12)18-11-13-6-9-16(19)15(17)10-13/h6,9-10,12,14,18-19H,2-5,7-8,11H2,1H3. The van der Waals surface area contributed by atoms with Gasteiger partial charge in [0.2, 0.25) is 0 Å². The molecule has 0 heterocycles. The first-order chi connectivity index (χ1) is 9.19. The molecule has 1 aromatic carbocycles. The predicted octanol–water partition coefficient (Wildman–Crippen LogP) is 4.49. The summed E-state index contributed by atoms with van der Waals surface area (Å²) in [4.78, 5) is 0. The summed E-state index contributed by atoms with van der Waals surface area (Å²) in [5.74, 6) is 1.11. The van der Waals surface area contributed by atoms with Gasteiger partial charge in [0.25, 0.3) is 0 Å². The second-order valence-electron chi connectivity index (χ2n) is 5.67. The van der Waals surface area contributed by atoms with Crippen LogP contribution in [-0.4, -0.2) is 11.1 Å². The van der Waals surface area contributed by atoms with E-state index in [1.807, 2.05) is 12.1 Å². The topological polar surface area (TPSA) is 32.3 Å². The molecule has 19 heavy (non-hydrogen) atoms. The van der Waals surface area contributed by atoms with Gasteiger partial charge in [0.1, 0.15) is 5.75 Å². The summed E-state index contributed by atoms with van der Waals surface area (Å²) in [5.41, 5.74) is 1.14. The van der Waals surface area contributed by atoms with E-state index in [2.05, 4.69) is 12.2 Å². The van der Waals surface area contributed by atoms with Crippen molar-refractivity contribution >= 4 is 11.6 Å². The summed E-state index contributed by atoms with van der Waals surface area (Å²) >= 11 is 5.91. The summed E-state index contributed by atoms with van der Waals surface area (Å²) in [6, 6.07) is 6.07. The molecule has 1 aliphatic carbocycles. The second-order valence-corrected chi connectivity index (χ2v) is 6.08. The molecule has 0 radical (unpaired) electrons. The molecule has 1 saturated carbocycles. The molecule has 0 aliphatic heterocycles. The van der Waals surface area contributed by atoms with Crippen molar-refractivity contribution in [2.75, 3.05) is 0 Å². The average Bonchev–Trinajstić information content (AvgIpc) is 2.42. The monoisotopic (exact) mass is 281 g/mol. The maximum Gasteiger partial charge on any atom is 0.134 e. The van der Waals surface area contributed by atoms with Crippen molar-refractivity contribution in [2.24, 2.45) is 5.92 Å². The number of aromatic hydroxyl groups is 1. The van der Waals surface area contributed by atoms with Gasteiger partial charge in [0.15, 0.2) is 0 Å². The molecule has 1 aromatic rings. The van der Waals surface area contributed by atoms with Gasteiger partial charge in [-0.15, -0.1) is 0 Å². The fourth-order valence-electron chi connectivity index (χ4n) is 2.99. The first-order valence-electron chi connectivity index (χ1n) is 7.39. The molecule has 0 spiro atoms. The zero-order valence-corrected chi connectivity index (χ0v) is 12.4. The fourth-order valence-corrected chi connectivity index (χ4v) is 3.19. The predicted molar refractivity (Wildman–Crippen MR) is 80.6 cm³/mol. The molecule has 0 saturated heterocycles. The van der Waals surface area contributed by atoms with Crippen LogP contribution < -0.4 is 5.32 Å². The van der Waals surface area contributed by atoms with E-state index >= 15 is 0 Å². The molecule has 2 N–H and O–H groups in total. The Labute approximate surface area is 121 Å². The number of rotatable bonds is 5. The molecule has 2 rings (SSSR count). The third-order valence-electron chi connectivity index (χ3n) is 4.15. The van der Waals surface area contributed by atoms with Crippen molar-refractivity contribution in [3.63, 3.8) is 0 Å². The van der Waals surface area contributed by atoms with E-state index in [1.165, 1.54) is 38.5 Å². The molecule has 0 atom stereocenters. The van der Waals surface area contributed by atoms with Crippen LogP contribution in [-0.2, 0) is 6.54 Å². The Kier molecular flexibility index (Phi) is 5.53. The lowest BCUT2D eigenvalue weighted by atomic mass is 9.83. The van der Waals surface area contributed by atoms with Crippen LogP contribution in [0.3, 0.4) is 0 Å². The Morgan fingerprint density at radius 3 is 2.63 bits per heavy atom. The Hall–Kier alpha value is -0.730. The van der Waals surface area contributed by atoms with Crippen LogP contribution in [0.2, 0.25) is 5.02 Å². The lowest BCUT2D eigenvalue weighted by molar-refractivity contribution is 0.277. The minimum atomic E-state index is 0.158. The Balaban J connectivity index is 1.75. The Morgan fingerprint density at radius 1 is 1.26 bits per heavy atom. The van der Waals surface area contributed by atoms with Crippen LogP contribution >= 0.6 is 11.6 Å². The number of hydrogen-bond acceptors (Lipinski definition) is 2. The largest absolute Gasteiger partial charge is 0.506 e. The maximum atomic E-state index is 9.39. The zero-order valence-electron chi connectivity index (χ0n) is 11.7. The number of halogens is 1. The van der Waals surface area contributed by atoms with E-state index in [0.29, 0.717) is 11.1 Å². The van der Waals surface area contributed by atoms with E-state index in [9.17, 15) is 5.11 Å². The molecular weight excluding hydrogens is 258 g/mol. The van der Waals surface area contributed by atoms with Gasteiger partial charge in [-0.25, -0.2) is 0 Å². The van der Waals surface area contributed by atoms with Crippen molar-refractivity contribution in [3.05, 3.63) is 28.8 Å². The molecule has 2 nitrogen and oxygen atoms in total. The zero-order chi connectivity index (χ0) is 13.7. The van der Waals surface area contributed by atoms with Crippen LogP contribution in [0, 0.1) is 5.92 Å². The van der Waals surface area contributed by atoms with Crippen molar-refractivity contribution in [2.45, 2.75) is 58.0 Å². The molecule has 3 heteroatoms. The Bertz CT molecular complexity index is 400. The van der Waals surface area contributed by atoms with E-state index in [1.54, 1.807) is 6.07 Å². The fraction of sp³-hybridized carbons (Fsp3) is 0.625. The molecule has 0 amide bonds. The molecule has 0 aromatic heterocycles. The van der Waals surface area contributed by atoms with Gasteiger partial charge in [-0.1, -0.05) is 37.4 Å². The van der Waals surface area contributed by atoms with Crippen molar-refractivity contribution in [3.8, 4) is 5.75 Å². The quantitative estimate of drug-likeness (QED) is 0.833. The van der Waals surface area contributed by atoms with Crippen molar-refractivity contribution in [1.29, 1.82) is 0 Å². The second kappa shape index (κ2) is 7.16. The minimum Gasteiger partial charge on any atom is -0.506 e. The summed E-state index contributed by atoms with van der Waals surface area (Å²) in [6.07, 6.45) is 8.01. The highest BCUT2D eigenvalue weighted by Gasteiger charge is 2.19. The summed E-state index contributed by atoms with van der Waals surface area (Å²) in [7, 11) is 0. The van der Waals surface area contributed by atoms with Gasteiger partial charge in [0, 0.05) is 12.6 Å². The van der Waals surface area contributed by atoms with Crippen LogP contribution in [0.25, 0.3) is 0 Å². The number of benzene rings is 1. The third kappa shape index (κ3) is 4.39. The lowest BCUT2D eigenvalue weighted by Crippen LogP contribution is -2.32. The van der Waals surface area contributed by atoms with Crippen molar-refractivity contribution in [1.82, 2.24) is 5.32 Å². The number of hydrogen-bond donors (Lipinski definition) is 2. The molecule has 1 aliphatic rings. The highest BCUT2D eigenvalue weighted by molar-refractivity contribution is 6.32. The van der Waals surface area contributed by atoms with E-state index in [0.717, 1.165) is 18.0 Å². The van der Waals surface area contributed by atoms with Gasteiger partial charge in [-0.3, -0.25) is 0 Å². The first-order valence-corrected chi connectivity index (χ1v) is 7.77. The lowest BCUT2D eigenvalue weighted by Gasteiger charge is -2.29. The SMILES string of the molecule is CCCC1CCC(NCc2ccc(O)c(Cl)c2)CC1. The average molecular weight is 282 g/mol. The molecular formula is C16H24ClNO. The number of phenolic OH excluding ortho intramolecular Hbond substituents is 1.